The molecule has 0 amide bonds. The fourth-order valence-corrected chi connectivity index (χ4v) is 10.8. The van der Waals surface area contributed by atoms with Crippen molar-refractivity contribution >= 4 is 18.7 Å². The Bertz CT molecular complexity index is 1260. The van der Waals surface area contributed by atoms with Gasteiger partial charge in [-0.1, -0.05) is 106 Å². The number of hydrogen-bond acceptors (Lipinski definition) is 6. The molecule has 44 heavy (non-hydrogen) atoms. The second-order valence-electron chi connectivity index (χ2n) is 13.0. The molecule has 0 saturated carbocycles. The van der Waals surface area contributed by atoms with E-state index in [0.29, 0.717) is 19.4 Å². The molecule has 0 aromatic heterocycles. The highest BCUT2D eigenvalue weighted by atomic mass is 28.4. The zero-order valence-electron chi connectivity index (χ0n) is 27.4. The number of ether oxygens (including phenoxy) is 4. The Morgan fingerprint density at radius 1 is 0.909 bits per heavy atom. The van der Waals surface area contributed by atoms with Gasteiger partial charge in [-0.3, -0.25) is 0 Å². The highest BCUT2D eigenvalue weighted by Crippen LogP contribution is 2.38. The Balaban J connectivity index is 1.57. The molecule has 1 N–H and O–H groups in total. The van der Waals surface area contributed by atoms with Crippen molar-refractivity contribution in [3.05, 3.63) is 103 Å². The van der Waals surface area contributed by atoms with Crippen LogP contribution in [0.15, 0.2) is 97.1 Å². The number of aliphatic hydroxyl groups excluding tert-OH is 1. The van der Waals surface area contributed by atoms with Gasteiger partial charge in [-0.2, -0.15) is 0 Å². The summed E-state index contributed by atoms with van der Waals surface area (Å²) in [5, 5.41) is 12.2. The van der Waals surface area contributed by atoms with Crippen molar-refractivity contribution in [3.63, 3.8) is 0 Å². The van der Waals surface area contributed by atoms with Crippen LogP contribution in [0, 0.1) is 0 Å². The van der Waals surface area contributed by atoms with Crippen LogP contribution in [0.3, 0.4) is 0 Å². The molecule has 4 rings (SSSR count). The van der Waals surface area contributed by atoms with Crippen LogP contribution >= 0.6 is 0 Å². The van der Waals surface area contributed by atoms with Crippen molar-refractivity contribution in [3.8, 4) is 5.75 Å². The maximum Gasteiger partial charge on any atom is 0.261 e. The lowest BCUT2D eigenvalue weighted by atomic mass is 10.0. The van der Waals surface area contributed by atoms with E-state index >= 15 is 0 Å². The molecule has 0 aliphatic carbocycles. The Hall–Kier alpha value is -2.78. The second kappa shape index (κ2) is 15.0. The van der Waals surface area contributed by atoms with E-state index in [9.17, 15) is 5.11 Å². The van der Waals surface area contributed by atoms with E-state index in [1.807, 2.05) is 38.1 Å². The van der Waals surface area contributed by atoms with Crippen LogP contribution in [0.1, 0.15) is 59.9 Å². The number of hydrogen-bond donors (Lipinski definition) is 1. The van der Waals surface area contributed by atoms with Crippen LogP contribution in [0.2, 0.25) is 5.04 Å². The van der Waals surface area contributed by atoms with Crippen LogP contribution in [0.5, 0.6) is 5.75 Å². The first kappa shape index (κ1) is 34.1. The molecule has 0 radical (unpaired) electrons. The average molecular weight is 619 g/mol. The topological polar surface area (TPSA) is 66.4 Å². The van der Waals surface area contributed by atoms with Gasteiger partial charge in [0.25, 0.3) is 8.32 Å². The fourth-order valence-electron chi connectivity index (χ4n) is 6.11. The van der Waals surface area contributed by atoms with Crippen molar-refractivity contribution in [2.75, 3.05) is 13.7 Å². The summed E-state index contributed by atoms with van der Waals surface area (Å²) in [5.74, 6) is 0.0390. The molecule has 1 aliphatic heterocycles. The first-order valence-corrected chi connectivity index (χ1v) is 17.6. The zero-order chi connectivity index (χ0) is 31.8. The Morgan fingerprint density at radius 2 is 1.50 bits per heavy atom. The van der Waals surface area contributed by atoms with E-state index in [1.54, 1.807) is 7.11 Å². The van der Waals surface area contributed by atoms with E-state index in [0.717, 1.165) is 11.3 Å². The molecule has 1 unspecified atom stereocenters. The second-order valence-corrected chi connectivity index (χ2v) is 17.3. The molecule has 6 nitrogen and oxygen atoms in total. The summed E-state index contributed by atoms with van der Waals surface area (Å²) in [5.41, 5.74) is 1.03. The largest absolute Gasteiger partial charge is 0.497 e. The molecule has 1 saturated heterocycles. The van der Waals surface area contributed by atoms with Crippen molar-refractivity contribution in [1.29, 1.82) is 0 Å². The summed E-state index contributed by atoms with van der Waals surface area (Å²) in [6.07, 6.45) is 4.32. The van der Waals surface area contributed by atoms with Gasteiger partial charge in [0.15, 0.2) is 5.79 Å². The van der Waals surface area contributed by atoms with Crippen molar-refractivity contribution < 1.29 is 28.5 Å². The quantitative estimate of drug-likeness (QED) is 0.167. The molecule has 0 spiro atoms. The molecule has 1 fully saturated rings. The Morgan fingerprint density at radius 3 is 2.02 bits per heavy atom. The van der Waals surface area contributed by atoms with E-state index in [4.69, 9.17) is 23.4 Å². The van der Waals surface area contributed by atoms with Gasteiger partial charge in [-0.05, 0) is 66.7 Å². The third-order valence-corrected chi connectivity index (χ3v) is 13.3. The summed E-state index contributed by atoms with van der Waals surface area (Å²) in [4.78, 5) is 0. The molecule has 3 aromatic carbocycles. The highest BCUT2D eigenvalue weighted by Gasteiger charge is 2.51. The van der Waals surface area contributed by atoms with Gasteiger partial charge in [-0.25, -0.2) is 0 Å². The molecular formula is C37H50O6Si. The molecule has 7 heteroatoms. The Labute approximate surface area is 265 Å². The monoisotopic (exact) mass is 618 g/mol. The maximum atomic E-state index is 9.75. The lowest BCUT2D eigenvalue weighted by Crippen LogP contribution is -2.67. The average Bonchev–Trinajstić information content (AvgIpc) is 3.31. The van der Waals surface area contributed by atoms with Crippen molar-refractivity contribution in [2.24, 2.45) is 0 Å². The molecule has 1 heterocycles. The predicted molar refractivity (Wildman–Crippen MR) is 179 cm³/mol. The lowest BCUT2D eigenvalue weighted by molar-refractivity contribution is -0.156. The normalized spacial score (nSPS) is 20.1. The van der Waals surface area contributed by atoms with E-state index in [2.05, 4.69) is 101 Å². The number of rotatable bonds is 14. The minimum atomic E-state index is -2.67. The van der Waals surface area contributed by atoms with Gasteiger partial charge in [0.05, 0.1) is 19.8 Å². The number of aliphatic hydroxyl groups is 1. The maximum absolute atomic E-state index is 9.75. The lowest BCUT2D eigenvalue weighted by Gasteiger charge is -2.44. The number of methoxy groups -OCH3 is 1. The summed E-state index contributed by atoms with van der Waals surface area (Å²) < 4.78 is 31.6. The van der Waals surface area contributed by atoms with Gasteiger partial charge < -0.3 is 28.5 Å². The van der Waals surface area contributed by atoms with Gasteiger partial charge in [-0.15, -0.1) is 0 Å². The van der Waals surface area contributed by atoms with Crippen LogP contribution in [-0.2, 0) is 25.2 Å². The van der Waals surface area contributed by atoms with Crippen LogP contribution in [0.4, 0.5) is 0 Å². The van der Waals surface area contributed by atoms with Crippen molar-refractivity contribution in [1.82, 2.24) is 0 Å². The summed E-state index contributed by atoms with van der Waals surface area (Å²) in [7, 11) is -1.01. The molecule has 0 bridgehead atoms. The van der Waals surface area contributed by atoms with E-state index < -0.39 is 14.1 Å². The summed E-state index contributed by atoms with van der Waals surface area (Å²) >= 11 is 0. The summed E-state index contributed by atoms with van der Waals surface area (Å²) in [6, 6.07) is 29.3. The Kier molecular flexibility index (Phi) is 11.6. The smallest absolute Gasteiger partial charge is 0.261 e. The SMILES string of the molecule is COc1ccc(COC(C=CC[C@@H](C)O[Si](c2ccccc2)(c2ccccc2)C(C)(C)C)[C@H]2OC(C)(C)O[C@H]2CCO)cc1. The molecular weight excluding hydrogens is 568 g/mol. The fraction of sp³-hybridized carbons (Fsp3) is 0.459. The van der Waals surface area contributed by atoms with Gasteiger partial charge in [0.1, 0.15) is 18.0 Å². The van der Waals surface area contributed by atoms with Crippen LogP contribution in [-0.4, -0.2) is 57.3 Å². The third kappa shape index (κ3) is 8.27. The minimum Gasteiger partial charge on any atom is -0.497 e. The van der Waals surface area contributed by atoms with Crippen LogP contribution < -0.4 is 15.1 Å². The third-order valence-electron chi connectivity index (χ3n) is 8.15. The van der Waals surface area contributed by atoms with Gasteiger partial charge >= 0.3 is 0 Å². The minimum absolute atomic E-state index is 0.0128. The zero-order valence-corrected chi connectivity index (χ0v) is 28.4. The summed E-state index contributed by atoms with van der Waals surface area (Å²) in [6.45, 7) is 13.3. The predicted octanol–water partition coefficient (Wildman–Crippen LogP) is 6.39. The molecule has 4 atom stereocenters. The first-order chi connectivity index (χ1) is 21.0. The van der Waals surface area contributed by atoms with Crippen LogP contribution in [0.25, 0.3) is 0 Å². The molecule has 3 aromatic rings. The van der Waals surface area contributed by atoms with Crippen molar-refractivity contribution in [2.45, 2.75) is 96.2 Å². The van der Waals surface area contributed by atoms with E-state index in [-0.39, 0.29) is 36.1 Å². The standard InChI is InChI=1S/C37H50O6Si/c1-28(43-44(36(2,3)4,31-16-10-8-11-17-31)32-18-12-9-13-19-32)15-14-20-33(35-34(25-26-38)41-37(5,6)42-35)40-27-29-21-23-30(39-7)24-22-29/h8-14,16-24,28,33-35,38H,15,25-27H2,1-7H3/t28-,33?,34+,35-/m1/s1. The number of benzene rings is 3. The first-order valence-electron chi connectivity index (χ1n) is 15.7. The molecule has 238 valence electrons. The molecule has 1 aliphatic rings. The van der Waals surface area contributed by atoms with Gasteiger partial charge in [0.2, 0.25) is 0 Å². The van der Waals surface area contributed by atoms with Gasteiger partial charge in [0, 0.05) is 12.7 Å². The van der Waals surface area contributed by atoms with E-state index in [1.165, 1.54) is 10.4 Å². The highest BCUT2D eigenvalue weighted by molar-refractivity contribution is 6.99.